The molecule has 1 fully saturated rings. The topological polar surface area (TPSA) is 28.0 Å². The van der Waals surface area contributed by atoms with E-state index in [-0.39, 0.29) is 5.91 Å². The van der Waals surface area contributed by atoms with Crippen molar-refractivity contribution < 1.29 is 9.69 Å². The first-order chi connectivity index (χ1) is 13.7. The van der Waals surface area contributed by atoms with E-state index < -0.39 is 0 Å². The molecule has 0 unspecified atom stereocenters. The van der Waals surface area contributed by atoms with E-state index in [4.69, 9.17) is 11.6 Å². The Labute approximate surface area is 172 Å². The number of carbonyl (C=O) groups is 1. The summed E-state index contributed by atoms with van der Waals surface area (Å²) in [5.41, 5.74) is 3.80. The molecular weight excluding hydrogens is 370 g/mol. The molecule has 0 atom stereocenters. The fraction of sp³-hybridized carbons (Fsp3) is 0.348. The molecule has 0 bridgehead atoms. The summed E-state index contributed by atoms with van der Waals surface area (Å²) in [6, 6.07) is 18.5. The minimum atomic E-state index is 0.273. The molecule has 146 valence electrons. The van der Waals surface area contributed by atoms with Gasteiger partial charge >= 0.3 is 0 Å². The quantitative estimate of drug-likeness (QED) is 0.859. The van der Waals surface area contributed by atoms with Gasteiger partial charge in [-0.2, -0.15) is 0 Å². The van der Waals surface area contributed by atoms with Crippen molar-refractivity contribution >= 4 is 28.8 Å². The number of rotatable bonds is 4. The molecule has 0 saturated carbocycles. The highest BCUT2D eigenvalue weighted by molar-refractivity contribution is 6.30. The number of benzene rings is 2. The van der Waals surface area contributed by atoms with Crippen LogP contribution in [0.25, 0.3) is 5.57 Å². The molecule has 28 heavy (non-hydrogen) atoms. The second-order valence-electron chi connectivity index (χ2n) is 7.58. The summed E-state index contributed by atoms with van der Waals surface area (Å²) in [4.78, 5) is 18.5. The van der Waals surface area contributed by atoms with E-state index in [0.717, 1.165) is 50.7 Å². The van der Waals surface area contributed by atoms with E-state index in [1.807, 2.05) is 29.2 Å². The molecule has 0 aliphatic carbocycles. The molecule has 1 saturated heterocycles. The molecule has 2 aliphatic heterocycles. The zero-order chi connectivity index (χ0) is 19.3. The smallest absolute Gasteiger partial charge is 0.278 e. The zero-order valence-electron chi connectivity index (χ0n) is 16.1. The summed E-state index contributed by atoms with van der Waals surface area (Å²) < 4.78 is 0. The number of piperazine rings is 1. The molecule has 5 heteroatoms. The first-order valence-corrected chi connectivity index (χ1v) is 10.4. The molecule has 0 spiro atoms. The molecule has 2 heterocycles. The molecule has 2 aromatic rings. The van der Waals surface area contributed by atoms with Crippen molar-refractivity contribution in [1.82, 2.24) is 4.90 Å². The maximum absolute atomic E-state index is 12.8. The largest absolute Gasteiger partial charge is 0.360 e. The van der Waals surface area contributed by atoms with Gasteiger partial charge in [0, 0.05) is 23.8 Å². The lowest BCUT2D eigenvalue weighted by atomic mass is 9.99. The van der Waals surface area contributed by atoms with Gasteiger partial charge in [-0.1, -0.05) is 54.1 Å². The lowest BCUT2D eigenvalue weighted by molar-refractivity contribution is -0.892. The van der Waals surface area contributed by atoms with Gasteiger partial charge in [-0.15, -0.1) is 0 Å². The minimum absolute atomic E-state index is 0.273. The van der Waals surface area contributed by atoms with Crippen molar-refractivity contribution in [2.45, 2.75) is 6.42 Å². The Kier molecular flexibility index (Phi) is 5.98. The van der Waals surface area contributed by atoms with Gasteiger partial charge in [0.15, 0.2) is 6.54 Å². The maximum Gasteiger partial charge on any atom is 0.278 e. The van der Waals surface area contributed by atoms with E-state index in [1.165, 1.54) is 21.7 Å². The Balaban J connectivity index is 1.27. The van der Waals surface area contributed by atoms with Crippen LogP contribution in [0.15, 0.2) is 60.7 Å². The Hall–Kier alpha value is -2.30. The fourth-order valence-corrected chi connectivity index (χ4v) is 4.25. The summed E-state index contributed by atoms with van der Waals surface area (Å²) in [5.74, 6) is 0.273. The third-order valence-electron chi connectivity index (χ3n) is 5.75. The summed E-state index contributed by atoms with van der Waals surface area (Å²) in [5, 5.41) is 0.774. The molecule has 1 amide bonds. The Morgan fingerprint density at radius 3 is 2.46 bits per heavy atom. The van der Waals surface area contributed by atoms with Gasteiger partial charge in [-0.3, -0.25) is 4.79 Å². The van der Waals surface area contributed by atoms with Crippen LogP contribution < -0.4 is 9.80 Å². The zero-order valence-corrected chi connectivity index (χ0v) is 16.9. The van der Waals surface area contributed by atoms with Gasteiger partial charge in [-0.25, -0.2) is 0 Å². The Morgan fingerprint density at radius 2 is 1.79 bits per heavy atom. The summed E-state index contributed by atoms with van der Waals surface area (Å²) >= 11 is 6.11. The van der Waals surface area contributed by atoms with Gasteiger partial charge in [-0.05, 0) is 35.8 Å². The first kappa shape index (κ1) is 19.0. The van der Waals surface area contributed by atoms with Crippen LogP contribution in [0.5, 0.6) is 0 Å². The standard InChI is InChI=1S/C23H26ClN3O/c24-21-7-4-8-22(17-21)26-15-13-25(14-16-26)18-23(28)27-11-9-20(10-12-27)19-5-2-1-3-6-19/h1-9,17H,10-16,18H2/p+1. The third-order valence-corrected chi connectivity index (χ3v) is 5.99. The Morgan fingerprint density at radius 1 is 1.00 bits per heavy atom. The predicted octanol–water partition coefficient (Wildman–Crippen LogP) is 2.36. The van der Waals surface area contributed by atoms with Crippen molar-refractivity contribution in [3.63, 3.8) is 0 Å². The number of hydrogen-bond acceptors (Lipinski definition) is 2. The molecular formula is C23H27ClN3O+. The Bertz CT molecular complexity index is 844. The van der Waals surface area contributed by atoms with Crippen molar-refractivity contribution in [3.05, 3.63) is 71.3 Å². The number of hydrogen-bond donors (Lipinski definition) is 1. The normalized spacial score (nSPS) is 18.1. The lowest BCUT2D eigenvalue weighted by Gasteiger charge is -2.34. The summed E-state index contributed by atoms with van der Waals surface area (Å²) in [6.45, 7) is 6.03. The second kappa shape index (κ2) is 8.80. The van der Waals surface area contributed by atoms with Gasteiger partial charge in [0.1, 0.15) is 0 Å². The highest BCUT2D eigenvalue weighted by Gasteiger charge is 2.26. The summed E-state index contributed by atoms with van der Waals surface area (Å²) in [6.07, 6.45) is 3.15. The molecule has 2 aliphatic rings. The van der Waals surface area contributed by atoms with Crippen LogP contribution in [0, 0.1) is 0 Å². The first-order valence-electron chi connectivity index (χ1n) is 10.1. The van der Waals surface area contributed by atoms with Crippen LogP contribution in [0.2, 0.25) is 5.02 Å². The number of anilines is 1. The third kappa shape index (κ3) is 4.57. The number of halogens is 1. The molecule has 4 nitrogen and oxygen atoms in total. The van der Waals surface area contributed by atoms with E-state index in [9.17, 15) is 4.79 Å². The van der Waals surface area contributed by atoms with Gasteiger partial charge in [0.2, 0.25) is 0 Å². The minimum Gasteiger partial charge on any atom is -0.360 e. The van der Waals surface area contributed by atoms with Crippen LogP contribution in [0.4, 0.5) is 5.69 Å². The highest BCUT2D eigenvalue weighted by atomic mass is 35.5. The van der Waals surface area contributed by atoms with Crippen LogP contribution in [0.3, 0.4) is 0 Å². The molecule has 2 aromatic carbocycles. The van der Waals surface area contributed by atoms with E-state index in [0.29, 0.717) is 6.54 Å². The second-order valence-corrected chi connectivity index (χ2v) is 8.02. The number of quaternary nitrogens is 1. The number of nitrogens with one attached hydrogen (secondary N) is 1. The number of carbonyl (C=O) groups excluding carboxylic acids is 1. The molecule has 1 N–H and O–H groups in total. The van der Waals surface area contributed by atoms with Gasteiger partial charge < -0.3 is 14.7 Å². The summed E-state index contributed by atoms with van der Waals surface area (Å²) in [7, 11) is 0. The van der Waals surface area contributed by atoms with Crippen molar-refractivity contribution in [3.8, 4) is 0 Å². The van der Waals surface area contributed by atoms with E-state index in [1.54, 1.807) is 0 Å². The average molecular weight is 397 g/mol. The van der Waals surface area contributed by atoms with Crippen molar-refractivity contribution in [1.29, 1.82) is 0 Å². The number of nitrogens with zero attached hydrogens (tertiary/aromatic N) is 2. The van der Waals surface area contributed by atoms with E-state index in [2.05, 4.69) is 41.3 Å². The van der Waals surface area contributed by atoms with Crippen molar-refractivity contribution in [2.24, 2.45) is 0 Å². The molecule has 0 aromatic heterocycles. The number of amides is 1. The average Bonchev–Trinajstić information content (AvgIpc) is 2.75. The maximum atomic E-state index is 12.8. The lowest BCUT2D eigenvalue weighted by Crippen LogP contribution is -3.15. The van der Waals surface area contributed by atoms with Gasteiger partial charge in [0.05, 0.1) is 26.2 Å². The highest BCUT2D eigenvalue weighted by Crippen LogP contribution is 2.22. The van der Waals surface area contributed by atoms with Crippen LogP contribution >= 0.6 is 11.6 Å². The van der Waals surface area contributed by atoms with Crippen LogP contribution in [-0.2, 0) is 4.79 Å². The predicted molar refractivity (Wildman–Crippen MR) is 115 cm³/mol. The van der Waals surface area contributed by atoms with Crippen molar-refractivity contribution in [2.75, 3.05) is 50.7 Å². The van der Waals surface area contributed by atoms with Crippen LogP contribution in [-0.4, -0.2) is 56.6 Å². The monoisotopic (exact) mass is 396 g/mol. The van der Waals surface area contributed by atoms with Crippen LogP contribution in [0.1, 0.15) is 12.0 Å². The van der Waals surface area contributed by atoms with E-state index >= 15 is 0 Å². The molecule has 4 rings (SSSR count). The van der Waals surface area contributed by atoms with Gasteiger partial charge in [0.25, 0.3) is 5.91 Å². The SMILES string of the molecule is O=C(C[NH+]1CCN(c2cccc(Cl)c2)CC1)N1CC=C(c2ccccc2)CC1. The fourth-order valence-electron chi connectivity index (χ4n) is 4.07. The molecule has 0 radical (unpaired) electrons.